The molecular weight excluding hydrogens is 198 g/mol. The van der Waals surface area contributed by atoms with Gasteiger partial charge in [-0.2, -0.15) is 0 Å². The van der Waals surface area contributed by atoms with Gasteiger partial charge in [-0.1, -0.05) is 19.1 Å². The van der Waals surface area contributed by atoms with E-state index in [-0.39, 0.29) is 0 Å². The molecule has 1 saturated carbocycles. The fraction of sp³-hybridized carbons (Fsp3) is 0.571. The molecular formula is C14H21NO. The van der Waals surface area contributed by atoms with Crippen molar-refractivity contribution in [2.45, 2.75) is 32.2 Å². The first-order valence-electron chi connectivity index (χ1n) is 6.20. The highest BCUT2D eigenvalue weighted by Crippen LogP contribution is 2.29. The van der Waals surface area contributed by atoms with Crippen LogP contribution in [0.2, 0.25) is 0 Å². The standard InChI is InChI=1S/C14H21NO/c1-3-14(15-10-11-7-8-11)12-5-4-6-13(9-12)16-2/h4-6,9,11,14-15H,3,7-8,10H2,1-2H3. The van der Waals surface area contributed by atoms with Crippen LogP contribution in [0.15, 0.2) is 24.3 Å². The van der Waals surface area contributed by atoms with E-state index in [9.17, 15) is 0 Å². The van der Waals surface area contributed by atoms with Crippen LogP contribution in [0, 0.1) is 5.92 Å². The summed E-state index contributed by atoms with van der Waals surface area (Å²) in [4.78, 5) is 0. The molecule has 2 heteroatoms. The van der Waals surface area contributed by atoms with Crippen LogP contribution in [0.1, 0.15) is 37.8 Å². The summed E-state index contributed by atoms with van der Waals surface area (Å²) in [6.07, 6.45) is 3.93. The molecule has 0 heterocycles. The second-order valence-electron chi connectivity index (χ2n) is 4.59. The highest BCUT2D eigenvalue weighted by molar-refractivity contribution is 5.30. The lowest BCUT2D eigenvalue weighted by atomic mass is 10.0. The van der Waals surface area contributed by atoms with Gasteiger partial charge in [0, 0.05) is 6.04 Å². The zero-order chi connectivity index (χ0) is 11.4. The van der Waals surface area contributed by atoms with Crippen molar-refractivity contribution in [1.82, 2.24) is 5.32 Å². The first-order valence-corrected chi connectivity index (χ1v) is 6.20. The van der Waals surface area contributed by atoms with Crippen molar-refractivity contribution < 1.29 is 4.74 Å². The van der Waals surface area contributed by atoms with E-state index in [1.54, 1.807) is 7.11 Å². The van der Waals surface area contributed by atoms with Crippen molar-refractivity contribution in [1.29, 1.82) is 0 Å². The summed E-state index contributed by atoms with van der Waals surface area (Å²) in [5.41, 5.74) is 1.34. The highest BCUT2D eigenvalue weighted by atomic mass is 16.5. The van der Waals surface area contributed by atoms with E-state index < -0.39 is 0 Å². The number of rotatable bonds is 6. The monoisotopic (exact) mass is 219 g/mol. The number of hydrogen-bond donors (Lipinski definition) is 1. The van der Waals surface area contributed by atoms with Crippen molar-refractivity contribution in [3.8, 4) is 5.75 Å². The van der Waals surface area contributed by atoms with Crippen LogP contribution < -0.4 is 10.1 Å². The van der Waals surface area contributed by atoms with Gasteiger partial charge in [-0.05, 0) is 49.4 Å². The van der Waals surface area contributed by atoms with Crippen molar-refractivity contribution in [3.05, 3.63) is 29.8 Å². The number of ether oxygens (including phenoxy) is 1. The molecule has 0 aromatic heterocycles. The molecule has 1 aliphatic rings. The number of hydrogen-bond acceptors (Lipinski definition) is 2. The fourth-order valence-electron chi connectivity index (χ4n) is 1.99. The summed E-state index contributed by atoms with van der Waals surface area (Å²) in [5.74, 6) is 1.88. The first kappa shape index (κ1) is 11.5. The van der Waals surface area contributed by atoms with E-state index in [0.29, 0.717) is 6.04 Å². The van der Waals surface area contributed by atoms with E-state index in [0.717, 1.165) is 24.6 Å². The lowest BCUT2D eigenvalue weighted by molar-refractivity contribution is 0.412. The smallest absolute Gasteiger partial charge is 0.119 e. The lowest BCUT2D eigenvalue weighted by Crippen LogP contribution is -2.22. The zero-order valence-electron chi connectivity index (χ0n) is 10.2. The normalized spacial score (nSPS) is 17.1. The Hall–Kier alpha value is -1.02. The van der Waals surface area contributed by atoms with Crippen molar-refractivity contribution in [2.75, 3.05) is 13.7 Å². The molecule has 1 fully saturated rings. The Labute approximate surface area is 98.0 Å². The minimum atomic E-state index is 0.468. The van der Waals surface area contributed by atoms with Gasteiger partial charge < -0.3 is 10.1 Å². The quantitative estimate of drug-likeness (QED) is 0.793. The van der Waals surface area contributed by atoms with Crippen LogP contribution >= 0.6 is 0 Å². The van der Waals surface area contributed by atoms with Crippen LogP contribution in [0.25, 0.3) is 0 Å². The summed E-state index contributed by atoms with van der Waals surface area (Å²) in [6.45, 7) is 3.39. The minimum Gasteiger partial charge on any atom is -0.497 e. The Bertz CT molecular complexity index is 333. The highest BCUT2D eigenvalue weighted by Gasteiger charge is 2.22. The van der Waals surface area contributed by atoms with E-state index in [4.69, 9.17) is 4.74 Å². The van der Waals surface area contributed by atoms with Crippen LogP contribution in [-0.4, -0.2) is 13.7 Å². The van der Waals surface area contributed by atoms with Gasteiger partial charge >= 0.3 is 0 Å². The summed E-state index contributed by atoms with van der Waals surface area (Å²) in [6, 6.07) is 8.84. The Morgan fingerprint density at radius 3 is 2.88 bits per heavy atom. The maximum Gasteiger partial charge on any atom is 0.119 e. The molecule has 0 saturated heterocycles. The van der Waals surface area contributed by atoms with Crippen LogP contribution in [0.3, 0.4) is 0 Å². The molecule has 1 unspecified atom stereocenters. The average molecular weight is 219 g/mol. The molecule has 1 atom stereocenters. The summed E-state index contributed by atoms with van der Waals surface area (Å²) in [5, 5.41) is 3.64. The molecule has 1 aliphatic carbocycles. The maximum absolute atomic E-state index is 5.26. The molecule has 0 amide bonds. The molecule has 2 rings (SSSR count). The molecule has 2 nitrogen and oxygen atoms in total. The number of benzene rings is 1. The second kappa shape index (κ2) is 5.35. The van der Waals surface area contributed by atoms with E-state index in [1.807, 2.05) is 6.07 Å². The Kier molecular flexibility index (Phi) is 3.83. The molecule has 88 valence electrons. The number of methoxy groups -OCH3 is 1. The Morgan fingerprint density at radius 2 is 2.25 bits per heavy atom. The third-order valence-corrected chi connectivity index (χ3v) is 3.25. The van der Waals surface area contributed by atoms with Crippen LogP contribution in [0.5, 0.6) is 5.75 Å². The second-order valence-corrected chi connectivity index (χ2v) is 4.59. The van der Waals surface area contributed by atoms with Gasteiger partial charge in [0.25, 0.3) is 0 Å². The van der Waals surface area contributed by atoms with E-state index in [2.05, 4.69) is 30.4 Å². The lowest BCUT2D eigenvalue weighted by Gasteiger charge is -2.17. The predicted molar refractivity (Wildman–Crippen MR) is 66.8 cm³/mol. The van der Waals surface area contributed by atoms with Gasteiger partial charge in [0.05, 0.1) is 7.11 Å². The van der Waals surface area contributed by atoms with Gasteiger partial charge in [-0.3, -0.25) is 0 Å². The topological polar surface area (TPSA) is 21.3 Å². The first-order chi connectivity index (χ1) is 7.83. The summed E-state index contributed by atoms with van der Waals surface area (Å²) >= 11 is 0. The van der Waals surface area contributed by atoms with Crippen LogP contribution in [-0.2, 0) is 0 Å². The van der Waals surface area contributed by atoms with Crippen LogP contribution in [0.4, 0.5) is 0 Å². The Balaban J connectivity index is 1.99. The van der Waals surface area contributed by atoms with Gasteiger partial charge in [-0.25, -0.2) is 0 Å². The maximum atomic E-state index is 5.26. The third kappa shape index (κ3) is 2.99. The predicted octanol–water partition coefficient (Wildman–Crippen LogP) is 3.15. The zero-order valence-corrected chi connectivity index (χ0v) is 10.2. The van der Waals surface area contributed by atoms with Gasteiger partial charge in [-0.15, -0.1) is 0 Å². The van der Waals surface area contributed by atoms with E-state index >= 15 is 0 Å². The summed E-state index contributed by atoms with van der Waals surface area (Å²) in [7, 11) is 1.72. The molecule has 0 radical (unpaired) electrons. The average Bonchev–Trinajstić information content (AvgIpc) is 3.14. The van der Waals surface area contributed by atoms with Gasteiger partial charge in [0.2, 0.25) is 0 Å². The molecule has 0 bridgehead atoms. The largest absolute Gasteiger partial charge is 0.497 e. The molecule has 16 heavy (non-hydrogen) atoms. The SMILES string of the molecule is CCC(NCC1CC1)c1cccc(OC)c1. The molecule has 0 aliphatic heterocycles. The van der Waals surface area contributed by atoms with Gasteiger partial charge in [0.1, 0.15) is 5.75 Å². The summed E-state index contributed by atoms with van der Waals surface area (Å²) < 4.78 is 5.26. The third-order valence-electron chi connectivity index (χ3n) is 3.25. The molecule has 1 aromatic rings. The van der Waals surface area contributed by atoms with E-state index in [1.165, 1.54) is 18.4 Å². The van der Waals surface area contributed by atoms with Crippen molar-refractivity contribution in [3.63, 3.8) is 0 Å². The van der Waals surface area contributed by atoms with Crippen molar-refractivity contribution >= 4 is 0 Å². The molecule has 0 spiro atoms. The Morgan fingerprint density at radius 1 is 1.44 bits per heavy atom. The number of nitrogens with one attached hydrogen (secondary N) is 1. The molecule has 1 N–H and O–H groups in total. The van der Waals surface area contributed by atoms with Gasteiger partial charge in [0.15, 0.2) is 0 Å². The molecule has 1 aromatic carbocycles. The minimum absolute atomic E-state index is 0.468. The van der Waals surface area contributed by atoms with Crippen molar-refractivity contribution in [2.24, 2.45) is 5.92 Å². The fourth-order valence-corrected chi connectivity index (χ4v) is 1.99.